The fraction of sp³-hybridized carbons (Fsp3) is 0.538. The van der Waals surface area contributed by atoms with Crippen LogP contribution < -0.4 is 5.32 Å². The van der Waals surface area contributed by atoms with Gasteiger partial charge < -0.3 is 5.32 Å². The molecule has 2 unspecified atom stereocenters. The molecule has 14 heavy (non-hydrogen) atoms. The topological polar surface area (TPSA) is 12.0 Å². The van der Waals surface area contributed by atoms with Crippen molar-refractivity contribution in [1.29, 1.82) is 0 Å². The van der Waals surface area contributed by atoms with Gasteiger partial charge in [0, 0.05) is 12.0 Å². The number of rotatable bonds is 1. The van der Waals surface area contributed by atoms with Crippen LogP contribution in [0.1, 0.15) is 25.8 Å². The Labute approximate surface area is 86.5 Å². The fourth-order valence-electron chi connectivity index (χ4n) is 2.56. The van der Waals surface area contributed by atoms with Crippen LogP contribution in [-0.4, -0.2) is 13.1 Å². The van der Waals surface area contributed by atoms with E-state index in [1.165, 1.54) is 19.5 Å². The predicted octanol–water partition coefficient (Wildman–Crippen LogP) is 2.57. The Balaban J connectivity index is 0.000000354. The van der Waals surface area contributed by atoms with Crippen molar-refractivity contribution in [2.24, 2.45) is 5.92 Å². The third-order valence-electron chi connectivity index (χ3n) is 3.41. The minimum Gasteiger partial charge on any atom is -0.316 e. The lowest BCUT2D eigenvalue weighted by atomic mass is 9.95. The lowest BCUT2D eigenvalue weighted by molar-refractivity contribution is 0.675. The molecule has 1 aliphatic carbocycles. The molecule has 1 aliphatic heterocycles. The van der Waals surface area contributed by atoms with E-state index in [9.17, 15) is 0 Å². The summed E-state index contributed by atoms with van der Waals surface area (Å²) in [6, 6.07) is 10.9. The number of hydrogen-bond acceptors (Lipinski definition) is 1. The van der Waals surface area contributed by atoms with Crippen molar-refractivity contribution in [3.8, 4) is 0 Å². The van der Waals surface area contributed by atoms with Gasteiger partial charge in [-0.15, -0.1) is 0 Å². The van der Waals surface area contributed by atoms with Crippen LogP contribution in [0.25, 0.3) is 0 Å². The Hall–Kier alpha value is -0.820. The lowest BCUT2D eigenvalue weighted by Gasteiger charge is -2.10. The molecule has 2 aliphatic rings. The molecule has 2 atom stereocenters. The van der Waals surface area contributed by atoms with Crippen LogP contribution in [0, 0.1) is 5.92 Å². The molecule has 1 nitrogen and oxygen atoms in total. The van der Waals surface area contributed by atoms with Gasteiger partial charge >= 0.3 is 0 Å². The summed E-state index contributed by atoms with van der Waals surface area (Å²) in [5.41, 5.74) is 2.08. The number of fused-ring (bicyclic) bond motifs is 1. The Morgan fingerprint density at radius 3 is 2.43 bits per heavy atom. The van der Waals surface area contributed by atoms with Crippen molar-refractivity contribution < 1.29 is 0 Å². The van der Waals surface area contributed by atoms with E-state index in [2.05, 4.69) is 35.6 Å². The van der Waals surface area contributed by atoms with Gasteiger partial charge in [-0.25, -0.2) is 0 Å². The molecule has 1 N–H and O–H groups in total. The van der Waals surface area contributed by atoms with Gasteiger partial charge in [0.25, 0.3) is 0 Å². The second-order valence-corrected chi connectivity index (χ2v) is 4.05. The molecule has 1 saturated heterocycles. The molecule has 0 radical (unpaired) electrons. The second kappa shape index (κ2) is 3.74. The maximum absolute atomic E-state index is 3.46. The van der Waals surface area contributed by atoms with Crippen molar-refractivity contribution in [1.82, 2.24) is 5.32 Å². The van der Waals surface area contributed by atoms with Crippen LogP contribution in [0.4, 0.5) is 0 Å². The highest BCUT2D eigenvalue weighted by molar-refractivity contribution is 5.36. The van der Waals surface area contributed by atoms with Gasteiger partial charge in [-0.3, -0.25) is 0 Å². The van der Waals surface area contributed by atoms with Gasteiger partial charge in [0.15, 0.2) is 0 Å². The quantitative estimate of drug-likeness (QED) is 0.716. The zero-order chi connectivity index (χ0) is 10.0. The van der Waals surface area contributed by atoms with Crippen LogP contribution in [-0.2, 0) is 5.41 Å². The van der Waals surface area contributed by atoms with Gasteiger partial charge in [-0.05, 0) is 24.4 Å². The van der Waals surface area contributed by atoms with Crippen molar-refractivity contribution in [2.75, 3.05) is 13.1 Å². The van der Waals surface area contributed by atoms with Crippen LogP contribution in [0.15, 0.2) is 30.3 Å². The lowest BCUT2D eigenvalue weighted by Crippen LogP contribution is -2.18. The molecule has 1 aromatic rings. The Bertz CT molecular complexity index is 293. The van der Waals surface area contributed by atoms with Gasteiger partial charge in [0.1, 0.15) is 0 Å². The predicted molar refractivity (Wildman–Crippen MR) is 60.4 cm³/mol. The normalized spacial score (nSPS) is 32.9. The summed E-state index contributed by atoms with van der Waals surface area (Å²) in [5, 5.41) is 3.46. The van der Waals surface area contributed by atoms with Crippen molar-refractivity contribution >= 4 is 0 Å². The van der Waals surface area contributed by atoms with Crippen molar-refractivity contribution in [3.63, 3.8) is 0 Å². The van der Waals surface area contributed by atoms with Crippen molar-refractivity contribution in [3.05, 3.63) is 35.9 Å². The summed E-state index contributed by atoms with van der Waals surface area (Å²) in [6.45, 7) is 6.43. The maximum atomic E-state index is 3.46. The molecule has 1 heteroatoms. The van der Waals surface area contributed by atoms with E-state index in [1.54, 1.807) is 5.56 Å². The van der Waals surface area contributed by atoms with E-state index in [-0.39, 0.29) is 0 Å². The summed E-state index contributed by atoms with van der Waals surface area (Å²) >= 11 is 0. The summed E-state index contributed by atoms with van der Waals surface area (Å²) in [4.78, 5) is 0. The molecule has 1 heterocycles. The van der Waals surface area contributed by atoms with Gasteiger partial charge in [-0.2, -0.15) is 0 Å². The summed E-state index contributed by atoms with van der Waals surface area (Å²) in [7, 11) is 0. The second-order valence-electron chi connectivity index (χ2n) is 4.05. The summed E-state index contributed by atoms with van der Waals surface area (Å²) in [5.74, 6) is 0.930. The van der Waals surface area contributed by atoms with Crippen LogP contribution >= 0.6 is 0 Å². The molecule has 0 spiro atoms. The summed E-state index contributed by atoms with van der Waals surface area (Å²) < 4.78 is 0. The molecule has 1 saturated carbocycles. The molecule has 3 rings (SSSR count). The highest BCUT2D eigenvalue weighted by Crippen LogP contribution is 2.56. The number of hydrogen-bond donors (Lipinski definition) is 1. The van der Waals surface area contributed by atoms with E-state index in [1.807, 2.05) is 13.8 Å². The third-order valence-corrected chi connectivity index (χ3v) is 3.41. The van der Waals surface area contributed by atoms with Gasteiger partial charge in [0.05, 0.1) is 0 Å². The molecule has 2 fully saturated rings. The van der Waals surface area contributed by atoms with Crippen LogP contribution in [0.5, 0.6) is 0 Å². The van der Waals surface area contributed by atoms with E-state index in [0.717, 1.165) is 5.92 Å². The van der Waals surface area contributed by atoms with E-state index < -0.39 is 0 Å². The average Bonchev–Trinajstić information content (AvgIpc) is 2.86. The number of nitrogens with one attached hydrogen (secondary N) is 1. The zero-order valence-electron chi connectivity index (χ0n) is 9.09. The van der Waals surface area contributed by atoms with Crippen molar-refractivity contribution in [2.45, 2.75) is 25.7 Å². The smallest absolute Gasteiger partial charge is 0.0122 e. The van der Waals surface area contributed by atoms with Gasteiger partial charge in [-0.1, -0.05) is 44.2 Å². The van der Waals surface area contributed by atoms with E-state index in [4.69, 9.17) is 0 Å². The Morgan fingerprint density at radius 2 is 1.93 bits per heavy atom. The van der Waals surface area contributed by atoms with E-state index in [0.29, 0.717) is 5.41 Å². The SMILES string of the molecule is CC.c1ccc(C23CNCC2C3)cc1. The molecule has 0 aromatic heterocycles. The van der Waals surface area contributed by atoms with Gasteiger partial charge in [0.2, 0.25) is 0 Å². The minimum absolute atomic E-state index is 0.543. The Kier molecular flexibility index (Phi) is 2.60. The molecule has 0 amide bonds. The first-order valence-corrected chi connectivity index (χ1v) is 5.68. The molecule has 0 bridgehead atoms. The van der Waals surface area contributed by atoms with Crippen LogP contribution in [0.2, 0.25) is 0 Å². The fourth-order valence-corrected chi connectivity index (χ4v) is 2.56. The largest absolute Gasteiger partial charge is 0.316 e. The first kappa shape index (κ1) is 9.72. The monoisotopic (exact) mass is 189 g/mol. The highest BCUT2D eigenvalue weighted by atomic mass is 15.0. The highest BCUT2D eigenvalue weighted by Gasteiger charge is 2.57. The van der Waals surface area contributed by atoms with E-state index >= 15 is 0 Å². The molecule has 76 valence electrons. The molecule has 1 aromatic carbocycles. The maximum Gasteiger partial charge on any atom is 0.0122 e. The van der Waals surface area contributed by atoms with Crippen LogP contribution in [0.3, 0.4) is 0 Å². The molecular formula is C13H19N. The zero-order valence-corrected chi connectivity index (χ0v) is 9.09. The minimum atomic E-state index is 0.543. The average molecular weight is 189 g/mol. The first-order valence-electron chi connectivity index (χ1n) is 5.68. The third kappa shape index (κ3) is 1.36. The number of benzene rings is 1. The molecular weight excluding hydrogens is 170 g/mol. The summed E-state index contributed by atoms with van der Waals surface area (Å²) in [6.07, 6.45) is 1.41. The Morgan fingerprint density at radius 1 is 1.21 bits per heavy atom. The number of piperidine rings is 1. The standard InChI is InChI=1S/C11H13N.C2H6/c1-2-4-9(5-3-1)11-6-10(11)7-12-8-11;1-2/h1-5,10,12H,6-8H2;1-2H3. The first-order chi connectivity index (χ1) is 6.92.